The van der Waals surface area contributed by atoms with E-state index in [9.17, 15) is 0 Å². The molecule has 0 bridgehead atoms. The topological polar surface area (TPSA) is 90.2 Å². The summed E-state index contributed by atoms with van der Waals surface area (Å²) in [5.41, 5.74) is 14.3. The lowest BCUT2D eigenvalue weighted by atomic mass is 10.0. The second-order valence-corrected chi connectivity index (χ2v) is 16.2. The van der Waals surface area contributed by atoms with Crippen molar-refractivity contribution in [2.45, 2.75) is 6.42 Å². The van der Waals surface area contributed by atoms with Gasteiger partial charge in [-0.3, -0.25) is 0 Å². The molecular formula is C49H31N5OS2. The van der Waals surface area contributed by atoms with E-state index in [-0.39, 0.29) is 0 Å². The Labute approximate surface area is 335 Å². The van der Waals surface area contributed by atoms with E-state index in [1.165, 1.54) is 20.2 Å². The Hall–Kier alpha value is -7.00. The summed E-state index contributed by atoms with van der Waals surface area (Å²) in [5, 5.41) is 5.51. The minimum Gasteiger partial charge on any atom is -0.456 e. The highest BCUT2D eigenvalue weighted by molar-refractivity contribution is 7.26. The number of benzene rings is 7. The van der Waals surface area contributed by atoms with Crippen LogP contribution in [0.1, 0.15) is 16.0 Å². The molecule has 0 amide bonds. The molecule has 6 nitrogen and oxygen atoms in total. The Morgan fingerprint density at radius 2 is 1.18 bits per heavy atom. The minimum atomic E-state index is 0.514. The first-order valence-corrected chi connectivity index (χ1v) is 20.3. The number of aromatic nitrogens is 3. The van der Waals surface area contributed by atoms with Crippen LogP contribution in [-0.4, -0.2) is 20.8 Å². The summed E-state index contributed by atoms with van der Waals surface area (Å²) in [4.78, 5) is 21.4. The Kier molecular flexibility index (Phi) is 7.98. The van der Waals surface area contributed by atoms with Crippen molar-refractivity contribution in [3.8, 4) is 34.2 Å². The lowest BCUT2D eigenvalue weighted by molar-refractivity contribution is 0.669. The average molecular weight is 770 g/mol. The van der Waals surface area contributed by atoms with Gasteiger partial charge in [-0.05, 0) is 42.0 Å². The summed E-state index contributed by atoms with van der Waals surface area (Å²) < 4.78 is 10.0. The minimum absolute atomic E-state index is 0.514. The standard InChI is InChI=1S/C49H31N5OS2/c50-46(36-21-11-19-33-32-17-7-9-23-40(32)57-45(33)36)51-44-34-18-8-10-24-41(34)56-42(44)28-29-25-26-38-37(27-29)43-35(20-12-22-39(43)55-38)49-53-47(30-13-3-1-4-14-30)52-48(54-49)31-15-5-2-6-16-31/h1-27H,28H2,(H2,50,51). The zero-order valence-corrected chi connectivity index (χ0v) is 32.0. The highest BCUT2D eigenvalue weighted by Gasteiger charge is 2.20. The first kappa shape index (κ1) is 33.3. The van der Waals surface area contributed by atoms with Crippen LogP contribution in [0.25, 0.3) is 86.4 Å². The Morgan fingerprint density at radius 1 is 0.544 bits per heavy atom. The molecule has 0 aliphatic heterocycles. The van der Waals surface area contributed by atoms with Crippen LogP contribution in [0.3, 0.4) is 0 Å². The molecule has 0 atom stereocenters. The van der Waals surface area contributed by atoms with Gasteiger partial charge in [-0.1, -0.05) is 127 Å². The van der Waals surface area contributed by atoms with Gasteiger partial charge in [-0.25, -0.2) is 19.9 Å². The molecule has 0 radical (unpaired) electrons. The summed E-state index contributed by atoms with van der Waals surface area (Å²) in [6, 6.07) is 55.9. The molecule has 0 fully saturated rings. The van der Waals surface area contributed by atoms with Crippen LogP contribution in [0.2, 0.25) is 0 Å². The smallest absolute Gasteiger partial charge is 0.164 e. The Morgan fingerprint density at radius 3 is 1.93 bits per heavy atom. The fourth-order valence-electron chi connectivity index (χ4n) is 7.74. The molecule has 0 aliphatic carbocycles. The molecule has 0 saturated heterocycles. The van der Waals surface area contributed by atoms with E-state index in [4.69, 9.17) is 30.1 Å². The summed E-state index contributed by atoms with van der Waals surface area (Å²) in [5.74, 6) is 2.34. The number of amidine groups is 1. The molecule has 57 heavy (non-hydrogen) atoms. The van der Waals surface area contributed by atoms with E-state index in [0.29, 0.717) is 29.7 Å². The number of hydrogen-bond acceptors (Lipinski definition) is 7. The van der Waals surface area contributed by atoms with Crippen molar-refractivity contribution in [3.63, 3.8) is 0 Å². The fourth-order valence-corrected chi connectivity index (χ4v) is 10.1. The van der Waals surface area contributed by atoms with E-state index >= 15 is 0 Å². The van der Waals surface area contributed by atoms with Crippen molar-refractivity contribution in [1.29, 1.82) is 0 Å². The van der Waals surface area contributed by atoms with Crippen LogP contribution in [-0.2, 0) is 6.42 Å². The van der Waals surface area contributed by atoms with Crippen LogP contribution < -0.4 is 5.73 Å². The van der Waals surface area contributed by atoms with E-state index in [2.05, 4.69) is 91.0 Å². The maximum absolute atomic E-state index is 6.95. The number of fused-ring (bicyclic) bond motifs is 7. The quantitative estimate of drug-likeness (QED) is 0.129. The number of hydrogen-bond donors (Lipinski definition) is 1. The maximum Gasteiger partial charge on any atom is 0.164 e. The third-order valence-electron chi connectivity index (χ3n) is 10.4. The summed E-state index contributed by atoms with van der Waals surface area (Å²) in [6.07, 6.45) is 0.672. The largest absolute Gasteiger partial charge is 0.456 e. The lowest BCUT2D eigenvalue weighted by Gasteiger charge is -2.09. The van der Waals surface area contributed by atoms with E-state index in [1.807, 2.05) is 72.8 Å². The predicted molar refractivity (Wildman–Crippen MR) is 238 cm³/mol. The normalized spacial score (nSPS) is 12.1. The summed E-state index contributed by atoms with van der Waals surface area (Å²) >= 11 is 3.52. The van der Waals surface area contributed by atoms with E-state index in [0.717, 1.165) is 70.4 Å². The molecule has 7 aromatic carbocycles. The average Bonchev–Trinajstić information content (AvgIpc) is 3.95. The van der Waals surface area contributed by atoms with Gasteiger partial charge in [-0.2, -0.15) is 0 Å². The number of nitrogens with zero attached hydrogens (tertiary/aromatic N) is 4. The van der Waals surface area contributed by atoms with Gasteiger partial charge in [0.25, 0.3) is 0 Å². The Balaban J connectivity index is 1.03. The molecule has 8 heteroatoms. The second kappa shape index (κ2) is 13.6. The monoisotopic (exact) mass is 769 g/mol. The van der Waals surface area contributed by atoms with E-state index < -0.39 is 0 Å². The van der Waals surface area contributed by atoms with Gasteiger partial charge in [0.05, 0.1) is 5.69 Å². The van der Waals surface area contributed by atoms with Gasteiger partial charge >= 0.3 is 0 Å². The molecule has 4 heterocycles. The van der Waals surface area contributed by atoms with Crippen molar-refractivity contribution in [2.75, 3.05) is 0 Å². The van der Waals surface area contributed by atoms with Gasteiger partial charge in [0.2, 0.25) is 0 Å². The van der Waals surface area contributed by atoms with Crippen LogP contribution >= 0.6 is 22.7 Å². The molecule has 270 valence electrons. The highest BCUT2D eigenvalue weighted by atomic mass is 32.1. The summed E-state index contributed by atoms with van der Waals surface area (Å²) in [7, 11) is 0. The van der Waals surface area contributed by atoms with Gasteiger partial charge in [0, 0.05) is 74.6 Å². The van der Waals surface area contributed by atoms with Crippen molar-refractivity contribution in [3.05, 3.63) is 180 Å². The molecule has 11 aromatic rings. The van der Waals surface area contributed by atoms with Gasteiger partial charge in [0.15, 0.2) is 17.5 Å². The number of thiophene rings is 2. The molecule has 11 rings (SSSR count). The maximum atomic E-state index is 6.95. The molecule has 0 saturated carbocycles. The SMILES string of the molecule is NC(=Nc1c(Cc2ccc3oc4cccc(-c5nc(-c6ccccc6)nc(-c6ccccc6)n5)c4c3c2)sc2ccccc12)c1cccc2c1sc1ccccc12. The van der Waals surface area contributed by atoms with Gasteiger partial charge < -0.3 is 10.2 Å². The Bertz CT molecular complexity index is 3290. The third-order valence-corrected chi connectivity index (χ3v) is 12.8. The molecule has 2 N–H and O–H groups in total. The van der Waals surface area contributed by atoms with Gasteiger partial charge in [-0.15, -0.1) is 22.7 Å². The van der Waals surface area contributed by atoms with Crippen LogP contribution in [0.15, 0.2) is 173 Å². The van der Waals surface area contributed by atoms with Crippen LogP contribution in [0.4, 0.5) is 5.69 Å². The molecule has 4 aromatic heterocycles. The van der Waals surface area contributed by atoms with E-state index in [1.54, 1.807) is 22.7 Å². The molecule has 0 aliphatic rings. The first-order valence-electron chi connectivity index (χ1n) is 18.7. The van der Waals surface area contributed by atoms with Crippen molar-refractivity contribution >= 4 is 86.4 Å². The molecular weight excluding hydrogens is 739 g/mol. The predicted octanol–water partition coefficient (Wildman–Crippen LogP) is 13.0. The van der Waals surface area contributed by atoms with Crippen LogP contribution in [0, 0.1) is 0 Å². The second-order valence-electron chi connectivity index (χ2n) is 14.0. The first-order chi connectivity index (χ1) is 28.1. The van der Waals surface area contributed by atoms with Gasteiger partial charge in [0.1, 0.15) is 17.0 Å². The summed E-state index contributed by atoms with van der Waals surface area (Å²) in [6.45, 7) is 0. The van der Waals surface area contributed by atoms with Crippen molar-refractivity contribution in [1.82, 2.24) is 15.0 Å². The number of furan rings is 1. The number of aliphatic imine (C=N–C) groups is 1. The third kappa shape index (κ3) is 5.85. The molecule has 0 unspecified atom stereocenters. The number of rotatable bonds is 7. The fraction of sp³-hybridized carbons (Fsp3) is 0.0204. The zero-order chi connectivity index (χ0) is 37.9. The molecule has 0 spiro atoms. The zero-order valence-electron chi connectivity index (χ0n) is 30.4. The lowest BCUT2D eigenvalue weighted by Crippen LogP contribution is -2.12. The van der Waals surface area contributed by atoms with Crippen molar-refractivity contribution < 1.29 is 4.42 Å². The number of nitrogens with two attached hydrogens (primary N) is 1. The highest BCUT2D eigenvalue weighted by Crippen LogP contribution is 2.42. The van der Waals surface area contributed by atoms with Crippen LogP contribution in [0.5, 0.6) is 0 Å². The van der Waals surface area contributed by atoms with Crippen molar-refractivity contribution in [2.24, 2.45) is 10.7 Å².